The van der Waals surface area contributed by atoms with Crippen molar-refractivity contribution < 1.29 is 32.5 Å². The van der Waals surface area contributed by atoms with Gasteiger partial charge in [0.15, 0.2) is 0 Å². The van der Waals surface area contributed by atoms with E-state index in [2.05, 4.69) is 15.2 Å². The number of aliphatic hydroxyl groups is 1. The van der Waals surface area contributed by atoms with E-state index in [1.807, 2.05) is 0 Å². The second kappa shape index (κ2) is 8.48. The van der Waals surface area contributed by atoms with Crippen molar-refractivity contribution in [2.24, 2.45) is 0 Å². The number of ether oxygens (including phenoxy) is 2. The summed E-state index contributed by atoms with van der Waals surface area (Å²) < 4.78 is 48.1. The Hall–Kier alpha value is -2.14. The molecule has 11 heteroatoms. The average molecular weight is 339 g/mol. The number of esters is 1. The van der Waals surface area contributed by atoms with E-state index in [-0.39, 0.29) is 19.6 Å². The molecule has 0 saturated carbocycles. The largest absolute Gasteiger partial charge is 0.469 e. The van der Waals surface area contributed by atoms with Gasteiger partial charge in [0.2, 0.25) is 0 Å². The number of methoxy groups -OCH3 is 1. The van der Waals surface area contributed by atoms with Gasteiger partial charge in [0.05, 0.1) is 51.3 Å². The van der Waals surface area contributed by atoms with Crippen LogP contribution in [0.25, 0.3) is 0 Å². The van der Waals surface area contributed by atoms with Crippen LogP contribution >= 0.6 is 0 Å². The molecule has 0 bridgehead atoms. The molecule has 23 heavy (non-hydrogen) atoms. The minimum atomic E-state index is -4.88. The van der Waals surface area contributed by atoms with Gasteiger partial charge >= 0.3 is 12.1 Å². The van der Waals surface area contributed by atoms with Crippen molar-refractivity contribution in [1.82, 2.24) is 10.2 Å². The fourth-order valence-corrected chi connectivity index (χ4v) is 1.63. The van der Waals surface area contributed by atoms with E-state index < -0.39 is 41.6 Å². The molecular formula is C12H16F3N3O5. The second-order valence-electron chi connectivity index (χ2n) is 4.41. The Morgan fingerprint density at radius 1 is 1.52 bits per heavy atom. The monoisotopic (exact) mass is 339 g/mol. The lowest BCUT2D eigenvalue weighted by molar-refractivity contribution is -0.142. The standard InChI is InChI=1S/C12H16F3N3O5/c1-22-9(20)2-3-23-6-7(5-19)17-8-4-16-18-11(21)10(8)12(13,14)15/h4,7,19H,2-3,5-6H2,1H3,(H2,17,18,21). The van der Waals surface area contributed by atoms with Gasteiger partial charge in [0.1, 0.15) is 5.56 Å². The third-order valence-electron chi connectivity index (χ3n) is 2.72. The highest BCUT2D eigenvalue weighted by atomic mass is 19.4. The van der Waals surface area contributed by atoms with Crippen LogP contribution in [0.1, 0.15) is 12.0 Å². The highest BCUT2D eigenvalue weighted by Crippen LogP contribution is 2.31. The number of nitrogens with one attached hydrogen (secondary N) is 2. The van der Waals surface area contributed by atoms with Crippen molar-refractivity contribution in [2.45, 2.75) is 18.6 Å². The third-order valence-corrected chi connectivity index (χ3v) is 2.72. The van der Waals surface area contributed by atoms with Crippen LogP contribution < -0.4 is 10.9 Å². The summed E-state index contributed by atoms with van der Waals surface area (Å²) >= 11 is 0. The molecule has 1 atom stereocenters. The first kappa shape index (κ1) is 18.9. The number of carbonyl (C=O) groups excluding carboxylic acids is 1. The zero-order valence-corrected chi connectivity index (χ0v) is 12.1. The summed E-state index contributed by atoms with van der Waals surface area (Å²) in [5, 5.41) is 16.5. The van der Waals surface area contributed by atoms with Crippen molar-refractivity contribution in [2.75, 3.05) is 32.2 Å². The van der Waals surface area contributed by atoms with Crippen LogP contribution in [0.4, 0.5) is 18.9 Å². The first-order chi connectivity index (χ1) is 10.8. The van der Waals surface area contributed by atoms with Crippen molar-refractivity contribution >= 4 is 11.7 Å². The van der Waals surface area contributed by atoms with E-state index in [1.54, 1.807) is 5.10 Å². The Morgan fingerprint density at radius 3 is 2.78 bits per heavy atom. The normalized spacial score (nSPS) is 12.7. The Bertz CT molecular complexity index is 576. The number of halogens is 3. The van der Waals surface area contributed by atoms with Crippen LogP contribution in [0.15, 0.2) is 11.0 Å². The summed E-state index contributed by atoms with van der Waals surface area (Å²) in [6.07, 6.45) is -4.12. The molecule has 0 aliphatic carbocycles. The summed E-state index contributed by atoms with van der Waals surface area (Å²) in [6, 6.07) is -0.919. The van der Waals surface area contributed by atoms with Gasteiger partial charge in [-0.15, -0.1) is 0 Å². The molecule has 1 rings (SSSR count). The Morgan fingerprint density at radius 2 is 2.22 bits per heavy atom. The predicted molar refractivity (Wildman–Crippen MR) is 71.8 cm³/mol. The van der Waals surface area contributed by atoms with Crippen LogP contribution in [0.5, 0.6) is 0 Å². The number of H-pyrrole nitrogens is 1. The van der Waals surface area contributed by atoms with E-state index in [0.29, 0.717) is 0 Å². The molecule has 0 radical (unpaired) electrons. The molecule has 0 aliphatic rings. The molecule has 1 aromatic rings. The predicted octanol–water partition coefficient (Wildman–Crippen LogP) is 0.141. The minimum absolute atomic E-state index is 0.0232. The summed E-state index contributed by atoms with van der Waals surface area (Å²) in [6.45, 7) is -0.759. The number of aliphatic hydroxyl groups excluding tert-OH is 1. The number of aromatic nitrogens is 2. The van der Waals surface area contributed by atoms with Gasteiger partial charge in [0, 0.05) is 0 Å². The number of nitrogens with zero attached hydrogens (tertiary/aromatic N) is 1. The van der Waals surface area contributed by atoms with Gasteiger partial charge in [-0.3, -0.25) is 9.59 Å². The number of hydrogen-bond donors (Lipinski definition) is 3. The first-order valence-corrected chi connectivity index (χ1v) is 6.46. The molecule has 3 N–H and O–H groups in total. The van der Waals surface area contributed by atoms with E-state index in [9.17, 15) is 27.9 Å². The SMILES string of the molecule is COC(=O)CCOCC(CO)Nc1cn[nH]c(=O)c1C(F)(F)F. The summed E-state index contributed by atoms with van der Waals surface area (Å²) in [4.78, 5) is 22.2. The fourth-order valence-electron chi connectivity index (χ4n) is 1.63. The van der Waals surface area contributed by atoms with E-state index in [1.165, 1.54) is 7.11 Å². The molecule has 0 fully saturated rings. The van der Waals surface area contributed by atoms with Crippen LogP contribution in [-0.4, -0.2) is 54.2 Å². The highest BCUT2D eigenvalue weighted by molar-refractivity contribution is 5.69. The van der Waals surface area contributed by atoms with Crippen LogP contribution in [-0.2, 0) is 20.4 Å². The van der Waals surface area contributed by atoms with E-state index in [0.717, 1.165) is 6.20 Å². The second-order valence-corrected chi connectivity index (χ2v) is 4.41. The third kappa shape index (κ3) is 5.87. The quantitative estimate of drug-likeness (QED) is 0.456. The number of alkyl halides is 3. The van der Waals surface area contributed by atoms with Gasteiger partial charge in [-0.2, -0.15) is 18.3 Å². The fraction of sp³-hybridized carbons (Fsp3) is 0.583. The zero-order chi connectivity index (χ0) is 17.5. The Balaban J connectivity index is 2.71. The van der Waals surface area contributed by atoms with Gasteiger partial charge in [-0.05, 0) is 0 Å². The molecule has 0 saturated heterocycles. The number of rotatable bonds is 8. The zero-order valence-electron chi connectivity index (χ0n) is 12.1. The van der Waals surface area contributed by atoms with E-state index in [4.69, 9.17) is 4.74 Å². The molecule has 0 aromatic carbocycles. The van der Waals surface area contributed by atoms with Crippen LogP contribution in [0.3, 0.4) is 0 Å². The number of carbonyl (C=O) groups is 1. The van der Waals surface area contributed by atoms with Gasteiger partial charge < -0.3 is 19.9 Å². The molecule has 1 aromatic heterocycles. The maximum absolute atomic E-state index is 12.9. The van der Waals surface area contributed by atoms with Crippen molar-refractivity contribution in [1.29, 1.82) is 0 Å². The smallest absolute Gasteiger partial charge is 0.423 e. The molecule has 1 unspecified atom stereocenters. The lowest BCUT2D eigenvalue weighted by Crippen LogP contribution is -2.33. The first-order valence-electron chi connectivity index (χ1n) is 6.46. The molecule has 8 nitrogen and oxygen atoms in total. The van der Waals surface area contributed by atoms with Gasteiger partial charge in [-0.1, -0.05) is 0 Å². The number of anilines is 1. The van der Waals surface area contributed by atoms with Crippen LogP contribution in [0, 0.1) is 0 Å². The Kier molecular flexibility index (Phi) is 6.97. The topological polar surface area (TPSA) is 114 Å². The summed E-state index contributed by atoms with van der Waals surface area (Å²) in [7, 11) is 1.21. The lowest BCUT2D eigenvalue weighted by atomic mass is 10.2. The number of aromatic amines is 1. The lowest BCUT2D eigenvalue weighted by Gasteiger charge is -2.19. The molecule has 0 spiro atoms. The highest BCUT2D eigenvalue weighted by Gasteiger charge is 2.37. The van der Waals surface area contributed by atoms with Crippen LogP contribution in [0.2, 0.25) is 0 Å². The van der Waals surface area contributed by atoms with Crippen molar-refractivity contribution in [3.8, 4) is 0 Å². The van der Waals surface area contributed by atoms with Crippen molar-refractivity contribution in [3.63, 3.8) is 0 Å². The molecular weight excluding hydrogens is 323 g/mol. The minimum Gasteiger partial charge on any atom is -0.469 e. The van der Waals surface area contributed by atoms with Gasteiger partial charge in [0.25, 0.3) is 5.56 Å². The summed E-state index contributed by atoms with van der Waals surface area (Å²) in [5.41, 5.74) is -3.41. The molecule has 0 aliphatic heterocycles. The van der Waals surface area contributed by atoms with E-state index >= 15 is 0 Å². The maximum atomic E-state index is 12.9. The summed E-state index contributed by atoms with van der Waals surface area (Å²) in [5.74, 6) is -0.503. The van der Waals surface area contributed by atoms with Crippen molar-refractivity contribution in [3.05, 3.63) is 22.1 Å². The molecule has 130 valence electrons. The molecule has 0 amide bonds. The Labute approximate surface area is 128 Å². The average Bonchev–Trinajstić information content (AvgIpc) is 2.48. The maximum Gasteiger partial charge on any atom is 0.423 e. The molecule has 1 heterocycles. The van der Waals surface area contributed by atoms with Gasteiger partial charge in [-0.25, -0.2) is 5.10 Å². The number of hydrogen-bond acceptors (Lipinski definition) is 7.